The van der Waals surface area contributed by atoms with E-state index in [1.54, 1.807) is 12.3 Å². The number of rotatable bonds is 5. The van der Waals surface area contributed by atoms with Crippen molar-refractivity contribution >= 4 is 28.6 Å². The molecule has 0 amide bonds. The van der Waals surface area contributed by atoms with Crippen LogP contribution in [0.3, 0.4) is 0 Å². The maximum Gasteiger partial charge on any atom is 0.332 e. The van der Waals surface area contributed by atoms with Crippen LogP contribution in [0.25, 0.3) is 11.0 Å². The first-order valence-electron chi connectivity index (χ1n) is 9.08. The van der Waals surface area contributed by atoms with E-state index in [0.29, 0.717) is 40.8 Å². The number of aliphatic carboxylic acids is 1. The number of hydrogen-bond acceptors (Lipinski definition) is 6. The largest absolute Gasteiger partial charge is 0.479 e. The lowest BCUT2D eigenvalue weighted by Crippen LogP contribution is -2.38. The summed E-state index contributed by atoms with van der Waals surface area (Å²) in [5.41, 5.74) is 2.58. The third kappa shape index (κ3) is 3.34. The predicted molar refractivity (Wildman–Crippen MR) is 103 cm³/mol. The molecule has 0 saturated carbocycles. The molecule has 144 valence electrons. The Kier molecular flexibility index (Phi) is 4.79. The summed E-state index contributed by atoms with van der Waals surface area (Å²) in [6, 6.07) is 7.34. The highest BCUT2D eigenvalue weighted by molar-refractivity contribution is 6.18. The van der Waals surface area contributed by atoms with Crippen molar-refractivity contribution < 1.29 is 19.4 Å². The van der Waals surface area contributed by atoms with Gasteiger partial charge in [0.2, 0.25) is 0 Å². The van der Waals surface area contributed by atoms with Crippen molar-refractivity contribution in [1.29, 1.82) is 0 Å². The Morgan fingerprint density at radius 3 is 2.75 bits per heavy atom. The quantitative estimate of drug-likeness (QED) is 0.582. The van der Waals surface area contributed by atoms with Gasteiger partial charge in [-0.25, -0.2) is 14.8 Å². The Morgan fingerprint density at radius 1 is 1.21 bits per heavy atom. The number of nitrogens with zero attached hydrogens (tertiary/aromatic N) is 2. The van der Waals surface area contributed by atoms with Gasteiger partial charge in [-0.2, -0.15) is 0 Å². The van der Waals surface area contributed by atoms with Crippen LogP contribution in [0.1, 0.15) is 34.3 Å². The van der Waals surface area contributed by atoms with E-state index in [9.17, 15) is 9.59 Å². The van der Waals surface area contributed by atoms with Gasteiger partial charge in [0, 0.05) is 11.8 Å². The normalized spacial score (nSPS) is 19.5. The molecule has 0 spiro atoms. The van der Waals surface area contributed by atoms with Crippen LogP contribution in [-0.2, 0) is 9.53 Å². The van der Waals surface area contributed by atoms with Crippen LogP contribution in [0, 0.1) is 6.92 Å². The molecular formula is C20H20N4O4. The van der Waals surface area contributed by atoms with Gasteiger partial charge in [-0.05, 0) is 25.3 Å². The summed E-state index contributed by atoms with van der Waals surface area (Å²) in [6.07, 6.45) is 3.36. The summed E-state index contributed by atoms with van der Waals surface area (Å²) < 4.78 is 5.40. The second-order valence-corrected chi connectivity index (χ2v) is 6.87. The van der Waals surface area contributed by atoms with Crippen molar-refractivity contribution in [3.8, 4) is 0 Å². The second kappa shape index (κ2) is 7.40. The third-order valence-corrected chi connectivity index (χ3v) is 5.00. The maximum absolute atomic E-state index is 13.1. The van der Waals surface area contributed by atoms with Crippen LogP contribution in [0.5, 0.6) is 0 Å². The highest BCUT2D eigenvalue weighted by Gasteiger charge is 2.28. The molecule has 3 N–H and O–H groups in total. The Morgan fingerprint density at radius 2 is 2.04 bits per heavy atom. The minimum atomic E-state index is -0.945. The zero-order chi connectivity index (χ0) is 19.7. The van der Waals surface area contributed by atoms with Crippen LogP contribution < -0.4 is 5.32 Å². The van der Waals surface area contributed by atoms with Gasteiger partial charge in [0.15, 0.2) is 11.9 Å². The van der Waals surface area contributed by atoms with Crippen molar-refractivity contribution in [2.24, 2.45) is 0 Å². The molecule has 1 aromatic carbocycles. The number of ether oxygens (including phenoxy) is 1. The van der Waals surface area contributed by atoms with E-state index in [-0.39, 0.29) is 18.4 Å². The van der Waals surface area contributed by atoms with Crippen LogP contribution >= 0.6 is 0 Å². The second-order valence-electron chi connectivity index (χ2n) is 6.87. The smallest absolute Gasteiger partial charge is 0.332 e. The summed E-state index contributed by atoms with van der Waals surface area (Å²) in [7, 11) is 0. The zero-order valence-electron chi connectivity index (χ0n) is 15.3. The fraction of sp³-hybridized carbons (Fsp3) is 0.300. The number of carboxylic acid groups (broad SMARTS) is 1. The fourth-order valence-corrected chi connectivity index (χ4v) is 3.48. The molecular weight excluding hydrogens is 360 g/mol. The Bertz CT molecular complexity index is 1040. The highest BCUT2D eigenvalue weighted by atomic mass is 16.5. The number of benzene rings is 1. The van der Waals surface area contributed by atoms with E-state index in [1.807, 2.05) is 25.1 Å². The van der Waals surface area contributed by atoms with Crippen molar-refractivity contribution in [3.05, 3.63) is 53.5 Å². The molecule has 2 aromatic heterocycles. The molecule has 1 aliphatic heterocycles. The number of anilines is 1. The lowest BCUT2D eigenvalue weighted by atomic mass is 9.99. The van der Waals surface area contributed by atoms with E-state index in [2.05, 4.69) is 20.3 Å². The van der Waals surface area contributed by atoms with E-state index >= 15 is 0 Å². The first kappa shape index (κ1) is 18.1. The first-order valence-corrected chi connectivity index (χ1v) is 9.08. The van der Waals surface area contributed by atoms with Gasteiger partial charge in [-0.1, -0.05) is 24.3 Å². The molecule has 0 aliphatic carbocycles. The number of carbonyl (C=O) groups excluding carboxylic acids is 1. The SMILES string of the molecule is Cc1ccccc1C(=O)c1c[nH]c2ncnc(N[C@@H]3CC[C@H](C(=O)O)OC3)c12. The monoisotopic (exact) mass is 380 g/mol. The maximum atomic E-state index is 13.1. The van der Waals surface area contributed by atoms with Crippen LogP contribution in [0.15, 0.2) is 36.8 Å². The third-order valence-electron chi connectivity index (χ3n) is 5.00. The number of hydrogen-bond donors (Lipinski definition) is 3. The molecule has 0 bridgehead atoms. The summed E-state index contributed by atoms with van der Waals surface area (Å²) in [4.78, 5) is 35.7. The average molecular weight is 380 g/mol. The predicted octanol–water partition coefficient (Wildman–Crippen LogP) is 2.54. The van der Waals surface area contributed by atoms with Crippen molar-refractivity contribution in [2.75, 3.05) is 11.9 Å². The topological polar surface area (TPSA) is 117 Å². The zero-order valence-corrected chi connectivity index (χ0v) is 15.3. The number of H-pyrrole nitrogens is 1. The molecule has 28 heavy (non-hydrogen) atoms. The van der Waals surface area contributed by atoms with Crippen LogP contribution in [0.2, 0.25) is 0 Å². The Labute approximate surface area is 161 Å². The molecule has 1 aliphatic rings. The summed E-state index contributed by atoms with van der Waals surface area (Å²) >= 11 is 0. The fourth-order valence-electron chi connectivity index (χ4n) is 3.48. The van der Waals surface area contributed by atoms with Gasteiger partial charge >= 0.3 is 5.97 Å². The summed E-state index contributed by atoms with van der Waals surface area (Å²) in [6.45, 7) is 2.16. The lowest BCUT2D eigenvalue weighted by Gasteiger charge is -2.27. The standard InChI is InChI=1S/C20H20N4O4/c1-11-4-2-3-5-13(11)17(25)14-8-21-18-16(14)19(23-10-22-18)24-12-6-7-15(20(26)27)28-9-12/h2-5,8,10,12,15H,6-7,9H2,1H3,(H,26,27)(H2,21,22,23,24)/t12-,15-/m1/s1. The van der Waals surface area contributed by atoms with Crippen molar-refractivity contribution in [2.45, 2.75) is 31.9 Å². The molecule has 4 rings (SSSR count). The molecule has 0 radical (unpaired) electrons. The number of fused-ring (bicyclic) bond motifs is 1. The Balaban J connectivity index is 1.64. The van der Waals surface area contributed by atoms with Gasteiger partial charge in [0.05, 0.1) is 23.6 Å². The molecule has 1 saturated heterocycles. The van der Waals surface area contributed by atoms with E-state index < -0.39 is 12.1 Å². The van der Waals surface area contributed by atoms with Crippen molar-refractivity contribution in [1.82, 2.24) is 15.0 Å². The number of ketones is 1. The highest BCUT2D eigenvalue weighted by Crippen LogP contribution is 2.28. The van der Waals surface area contributed by atoms with Crippen LogP contribution in [-0.4, -0.2) is 50.6 Å². The van der Waals surface area contributed by atoms with Gasteiger partial charge in [0.1, 0.15) is 17.8 Å². The molecule has 8 nitrogen and oxygen atoms in total. The van der Waals surface area contributed by atoms with E-state index in [0.717, 1.165) is 5.56 Å². The van der Waals surface area contributed by atoms with Crippen molar-refractivity contribution in [3.63, 3.8) is 0 Å². The number of carboxylic acids is 1. The van der Waals surface area contributed by atoms with Gasteiger partial charge < -0.3 is 20.1 Å². The number of nitrogens with one attached hydrogen (secondary N) is 2. The van der Waals surface area contributed by atoms with E-state index in [4.69, 9.17) is 9.84 Å². The molecule has 1 fully saturated rings. The molecule has 3 aromatic rings. The molecule has 8 heteroatoms. The molecule has 0 unspecified atom stereocenters. The van der Waals surface area contributed by atoms with Crippen LogP contribution in [0.4, 0.5) is 5.82 Å². The minimum absolute atomic E-state index is 0.0926. The minimum Gasteiger partial charge on any atom is -0.479 e. The van der Waals surface area contributed by atoms with Gasteiger partial charge in [-0.3, -0.25) is 4.79 Å². The van der Waals surface area contributed by atoms with E-state index in [1.165, 1.54) is 6.33 Å². The summed E-state index contributed by atoms with van der Waals surface area (Å²) in [5.74, 6) is -0.516. The van der Waals surface area contributed by atoms with Gasteiger partial charge in [-0.15, -0.1) is 0 Å². The molecule has 3 heterocycles. The lowest BCUT2D eigenvalue weighted by molar-refractivity contribution is -0.153. The van der Waals surface area contributed by atoms with Gasteiger partial charge in [0.25, 0.3) is 0 Å². The number of aryl methyl sites for hydroxylation is 1. The Hall–Kier alpha value is -3.26. The number of aromatic amines is 1. The number of aromatic nitrogens is 3. The number of carbonyl (C=O) groups is 2. The molecule has 2 atom stereocenters. The summed E-state index contributed by atoms with van der Waals surface area (Å²) in [5, 5.41) is 13.0. The average Bonchev–Trinajstić information content (AvgIpc) is 3.13. The first-order chi connectivity index (χ1) is 13.5.